The average molecular weight is 404 g/mol. The number of nitrogens with zero attached hydrogens (tertiary/aromatic N) is 1. The summed E-state index contributed by atoms with van der Waals surface area (Å²) in [5.74, 6) is 0.126. The number of carbonyl (C=O) groups is 2. The topological polar surface area (TPSA) is 67.9 Å². The highest BCUT2D eigenvalue weighted by Gasteiger charge is 2.12. The minimum atomic E-state index is -0.277. The highest BCUT2D eigenvalue weighted by molar-refractivity contribution is 6.01. The third-order valence-electron chi connectivity index (χ3n) is 5.15. The van der Waals surface area contributed by atoms with E-state index in [1.54, 1.807) is 6.07 Å². The van der Waals surface area contributed by atoms with Crippen LogP contribution < -0.4 is 10.1 Å². The standard InChI is InChI=1S/C24H24N2O4/c27-16-22-21-4-2-1-3-19(21)7-10-23(22)30-17-24(28)25-20-8-5-18(6-9-20)15-26-11-13-29-14-12-26/h1-10,16H,11-15,17H2,(H,25,28). The van der Waals surface area contributed by atoms with E-state index >= 15 is 0 Å². The maximum Gasteiger partial charge on any atom is 0.262 e. The molecule has 3 aromatic carbocycles. The number of aldehydes is 1. The number of ether oxygens (including phenoxy) is 2. The molecule has 0 radical (unpaired) electrons. The van der Waals surface area contributed by atoms with Gasteiger partial charge in [0.1, 0.15) is 5.75 Å². The van der Waals surface area contributed by atoms with Crippen LogP contribution in [-0.4, -0.2) is 50.0 Å². The van der Waals surface area contributed by atoms with E-state index in [0.717, 1.165) is 49.9 Å². The predicted octanol–water partition coefficient (Wildman–Crippen LogP) is 3.50. The van der Waals surface area contributed by atoms with Gasteiger partial charge in [-0.05, 0) is 34.5 Å². The van der Waals surface area contributed by atoms with Crippen molar-refractivity contribution in [2.24, 2.45) is 0 Å². The van der Waals surface area contributed by atoms with E-state index in [1.165, 1.54) is 5.56 Å². The second-order valence-corrected chi connectivity index (χ2v) is 7.24. The first-order valence-corrected chi connectivity index (χ1v) is 10.0. The van der Waals surface area contributed by atoms with Gasteiger partial charge in [0, 0.05) is 25.3 Å². The lowest BCUT2D eigenvalue weighted by atomic mass is 10.0. The molecule has 6 nitrogen and oxygen atoms in total. The molecule has 154 valence electrons. The number of carbonyl (C=O) groups excluding carboxylic acids is 2. The Morgan fingerprint density at radius 3 is 2.57 bits per heavy atom. The molecule has 0 saturated carbocycles. The smallest absolute Gasteiger partial charge is 0.262 e. The fourth-order valence-corrected chi connectivity index (χ4v) is 3.57. The number of anilines is 1. The van der Waals surface area contributed by atoms with Crippen LogP contribution >= 0.6 is 0 Å². The number of rotatable bonds is 7. The zero-order valence-corrected chi connectivity index (χ0v) is 16.7. The molecule has 1 heterocycles. The molecule has 0 spiro atoms. The molecule has 1 aliphatic heterocycles. The molecule has 1 aliphatic rings. The Kier molecular flexibility index (Phi) is 6.37. The fraction of sp³-hybridized carbons (Fsp3) is 0.250. The molecule has 1 N–H and O–H groups in total. The molecule has 0 unspecified atom stereocenters. The fourth-order valence-electron chi connectivity index (χ4n) is 3.57. The lowest BCUT2D eigenvalue weighted by molar-refractivity contribution is -0.118. The number of hydrogen-bond donors (Lipinski definition) is 1. The molecule has 0 atom stereocenters. The van der Waals surface area contributed by atoms with Gasteiger partial charge in [0.25, 0.3) is 5.91 Å². The summed E-state index contributed by atoms with van der Waals surface area (Å²) in [4.78, 5) is 26.2. The van der Waals surface area contributed by atoms with Gasteiger partial charge in [-0.3, -0.25) is 14.5 Å². The zero-order chi connectivity index (χ0) is 20.8. The highest BCUT2D eigenvalue weighted by atomic mass is 16.5. The van der Waals surface area contributed by atoms with Gasteiger partial charge in [-0.2, -0.15) is 0 Å². The Labute approximate surface area is 175 Å². The normalized spacial score (nSPS) is 14.4. The van der Waals surface area contributed by atoms with E-state index in [9.17, 15) is 9.59 Å². The van der Waals surface area contributed by atoms with Crippen molar-refractivity contribution < 1.29 is 19.1 Å². The van der Waals surface area contributed by atoms with Gasteiger partial charge in [-0.25, -0.2) is 0 Å². The van der Waals surface area contributed by atoms with E-state index in [2.05, 4.69) is 10.2 Å². The van der Waals surface area contributed by atoms with E-state index in [0.29, 0.717) is 17.0 Å². The summed E-state index contributed by atoms with van der Waals surface area (Å²) < 4.78 is 11.0. The molecule has 1 saturated heterocycles. The third-order valence-corrected chi connectivity index (χ3v) is 5.15. The second kappa shape index (κ2) is 9.52. The van der Waals surface area contributed by atoms with Crippen LogP contribution in [0.25, 0.3) is 10.8 Å². The van der Waals surface area contributed by atoms with Crippen LogP contribution in [0.1, 0.15) is 15.9 Å². The minimum absolute atomic E-state index is 0.172. The van der Waals surface area contributed by atoms with Crippen molar-refractivity contribution in [1.82, 2.24) is 4.90 Å². The van der Waals surface area contributed by atoms with Gasteiger partial charge in [0.05, 0.1) is 18.8 Å². The van der Waals surface area contributed by atoms with Gasteiger partial charge in [-0.1, -0.05) is 42.5 Å². The van der Waals surface area contributed by atoms with Crippen molar-refractivity contribution in [2.45, 2.75) is 6.54 Å². The second-order valence-electron chi connectivity index (χ2n) is 7.24. The number of fused-ring (bicyclic) bond motifs is 1. The Bertz CT molecular complexity index is 1030. The Morgan fingerprint density at radius 1 is 1.03 bits per heavy atom. The minimum Gasteiger partial charge on any atom is -0.483 e. The van der Waals surface area contributed by atoms with Crippen molar-refractivity contribution in [1.29, 1.82) is 0 Å². The molecular formula is C24H24N2O4. The first-order valence-electron chi connectivity index (χ1n) is 10.0. The first kappa shape index (κ1) is 20.1. The number of hydrogen-bond acceptors (Lipinski definition) is 5. The summed E-state index contributed by atoms with van der Waals surface area (Å²) in [7, 11) is 0. The van der Waals surface area contributed by atoms with Crippen LogP contribution in [0.5, 0.6) is 5.75 Å². The predicted molar refractivity (Wildman–Crippen MR) is 116 cm³/mol. The van der Waals surface area contributed by atoms with Crippen LogP contribution in [0.15, 0.2) is 60.7 Å². The number of benzene rings is 3. The molecule has 0 aromatic heterocycles. The molecule has 4 rings (SSSR count). The summed E-state index contributed by atoms with van der Waals surface area (Å²) in [5, 5.41) is 4.59. The lowest BCUT2D eigenvalue weighted by Gasteiger charge is -2.26. The van der Waals surface area contributed by atoms with Crippen LogP contribution in [0.3, 0.4) is 0 Å². The summed E-state index contributed by atoms with van der Waals surface area (Å²) in [6.07, 6.45) is 0.767. The number of amides is 1. The molecule has 0 bridgehead atoms. The third kappa shape index (κ3) is 4.84. The lowest BCUT2D eigenvalue weighted by Crippen LogP contribution is -2.35. The monoisotopic (exact) mass is 404 g/mol. The van der Waals surface area contributed by atoms with Gasteiger partial charge in [0.15, 0.2) is 12.9 Å². The number of morpholine rings is 1. The zero-order valence-electron chi connectivity index (χ0n) is 16.7. The maximum absolute atomic E-state index is 12.3. The number of nitrogens with one attached hydrogen (secondary N) is 1. The molecule has 3 aromatic rings. The van der Waals surface area contributed by atoms with Crippen molar-refractivity contribution in [3.05, 3.63) is 71.8 Å². The Balaban J connectivity index is 1.33. The van der Waals surface area contributed by atoms with Gasteiger partial charge in [-0.15, -0.1) is 0 Å². The van der Waals surface area contributed by atoms with E-state index in [-0.39, 0.29) is 12.5 Å². The molecule has 1 amide bonds. The van der Waals surface area contributed by atoms with Crippen molar-refractivity contribution >= 4 is 28.7 Å². The van der Waals surface area contributed by atoms with Crippen molar-refractivity contribution in [3.63, 3.8) is 0 Å². The molecule has 1 fully saturated rings. The summed E-state index contributed by atoms with van der Waals surface area (Å²) in [5.41, 5.74) is 2.36. The van der Waals surface area contributed by atoms with Crippen LogP contribution in [0, 0.1) is 0 Å². The van der Waals surface area contributed by atoms with Crippen LogP contribution in [-0.2, 0) is 16.1 Å². The quantitative estimate of drug-likeness (QED) is 0.611. The van der Waals surface area contributed by atoms with Gasteiger partial charge in [0.2, 0.25) is 0 Å². The van der Waals surface area contributed by atoms with Crippen LogP contribution in [0.2, 0.25) is 0 Å². The largest absolute Gasteiger partial charge is 0.483 e. The molecule has 0 aliphatic carbocycles. The van der Waals surface area contributed by atoms with Crippen molar-refractivity contribution in [3.8, 4) is 5.75 Å². The van der Waals surface area contributed by atoms with E-state index in [1.807, 2.05) is 54.6 Å². The Morgan fingerprint density at radius 2 is 1.80 bits per heavy atom. The molecule has 30 heavy (non-hydrogen) atoms. The van der Waals surface area contributed by atoms with Crippen LogP contribution in [0.4, 0.5) is 5.69 Å². The Hall–Kier alpha value is -3.22. The van der Waals surface area contributed by atoms with Crippen molar-refractivity contribution in [2.75, 3.05) is 38.2 Å². The summed E-state index contributed by atoms with van der Waals surface area (Å²) >= 11 is 0. The first-order chi connectivity index (χ1) is 14.7. The summed E-state index contributed by atoms with van der Waals surface area (Å²) in [6, 6.07) is 19.0. The molecule has 6 heteroatoms. The van der Waals surface area contributed by atoms with E-state index < -0.39 is 0 Å². The SMILES string of the molecule is O=Cc1c(OCC(=O)Nc2ccc(CN3CCOCC3)cc2)ccc2ccccc12. The highest BCUT2D eigenvalue weighted by Crippen LogP contribution is 2.26. The van der Waals surface area contributed by atoms with E-state index in [4.69, 9.17) is 9.47 Å². The van der Waals surface area contributed by atoms with Gasteiger partial charge >= 0.3 is 0 Å². The summed E-state index contributed by atoms with van der Waals surface area (Å²) in [6.45, 7) is 4.13. The van der Waals surface area contributed by atoms with Gasteiger partial charge < -0.3 is 14.8 Å². The maximum atomic E-state index is 12.3. The molecular weight excluding hydrogens is 380 g/mol. The average Bonchev–Trinajstić information content (AvgIpc) is 2.79.